The minimum atomic E-state index is -1.23. The van der Waals surface area contributed by atoms with Gasteiger partial charge in [-0.1, -0.05) is 42.5 Å². The molecular formula is C24H23NO3S. The third-order valence-electron chi connectivity index (χ3n) is 6.09. The molecule has 148 valence electrons. The second-order valence-corrected chi connectivity index (χ2v) is 9.30. The second-order valence-electron chi connectivity index (χ2n) is 7.99. The van der Waals surface area contributed by atoms with E-state index >= 15 is 0 Å². The average molecular weight is 406 g/mol. The Kier molecular flexibility index (Phi) is 4.42. The van der Waals surface area contributed by atoms with Gasteiger partial charge in [0.05, 0.1) is 11.9 Å². The average Bonchev–Trinajstić information content (AvgIpc) is 2.93. The van der Waals surface area contributed by atoms with Crippen molar-refractivity contribution in [3.63, 3.8) is 0 Å². The van der Waals surface area contributed by atoms with Crippen LogP contribution in [0.4, 0.5) is 0 Å². The fourth-order valence-corrected chi connectivity index (χ4v) is 5.73. The van der Waals surface area contributed by atoms with E-state index < -0.39 is 5.72 Å². The highest BCUT2D eigenvalue weighted by Gasteiger charge is 2.48. The summed E-state index contributed by atoms with van der Waals surface area (Å²) < 4.78 is 0. The molecule has 1 amide bonds. The molecule has 5 heteroatoms. The van der Waals surface area contributed by atoms with Crippen LogP contribution in [0.2, 0.25) is 0 Å². The topological polar surface area (TPSA) is 60.8 Å². The van der Waals surface area contributed by atoms with E-state index in [1.54, 1.807) is 11.8 Å². The summed E-state index contributed by atoms with van der Waals surface area (Å²) in [4.78, 5) is 14.2. The number of amides is 1. The first-order valence-corrected chi connectivity index (χ1v) is 11.0. The standard InChI is InChI=1S/C24H23NO3S/c1-24(28)20(29-10-9-26)13-21(27)25(24)14-15-11-18-7-5-16-3-2-4-17-6-8-19(12-15)23(18)22(16)17/h2-8,11-12,20,26,28H,9-10,13-14H2,1H3. The Bertz CT molecular complexity index is 1160. The monoisotopic (exact) mass is 405 g/mol. The van der Waals surface area contributed by atoms with Gasteiger partial charge < -0.3 is 15.1 Å². The molecule has 4 aromatic carbocycles. The molecule has 0 radical (unpaired) electrons. The van der Waals surface area contributed by atoms with Crippen molar-refractivity contribution in [2.24, 2.45) is 0 Å². The van der Waals surface area contributed by atoms with Gasteiger partial charge in [0, 0.05) is 18.7 Å². The van der Waals surface area contributed by atoms with Crippen LogP contribution in [-0.4, -0.2) is 44.4 Å². The highest BCUT2D eigenvalue weighted by molar-refractivity contribution is 8.00. The van der Waals surface area contributed by atoms with Crippen LogP contribution in [0, 0.1) is 0 Å². The summed E-state index contributed by atoms with van der Waals surface area (Å²) in [7, 11) is 0. The van der Waals surface area contributed by atoms with E-state index in [-0.39, 0.29) is 17.8 Å². The maximum Gasteiger partial charge on any atom is 0.226 e. The molecule has 0 aromatic heterocycles. The van der Waals surface area contributed by atoms with Crippen LogP contribution in [0.3, 0.4) is 0 Å². The van der Waals surface area contributed by atoms with E-state index in [9.17, 15) is 9.90 Å². The van der Waals surface area contributed by atoms with Gasteiger partial charge in [-0.15, -0.1) is 0 Å². The van der Waals surface area contributed by atoms with Crippen molar-refractivity contribution in [3.05, 3.63) is 60.2 Å². The number of carbonyl (C=O) groups is 1. The molecule has 0 aliphatic carbocycles. The molecule has 1 heterocycles. The van der Waals surface area contributed by atoms with Gasteiger partial charge in [-0.2, -0.15) is 11.8 Å². The maximum atomic E-state index is 12.6. The molecule has 29 heavy (non-hydrogen) atoms. The van der Waals surface area contributed by atoms with E-state index in [4.69, 9.17) is 5.11 Å². The number of rotatable bonds is 5. The molecular weight excluding hydrogens is 382 g/mol. The van der Waals surface area contributed by atoms with Crippen LogP contribution in [0.15, 0.2) is 54.6 Å². The number of thioether (sulfide) groups is 1. The predicted molar refractivity (Wildman–Crippen MR) is 119 cm³/mol. The van der Waals surface area contributed by atoms with Crippen LogP contribution >= 0.6 is 11.8 Å². The molecule has 1 saturated heterocycles. The summed E-state index contributed by atoms with van der Waals surface area (Å²) in [6.07, 6.45) is 0.298. The van der Waals surface area contributed by atoms with Gasteiger partial charge in [0.15, 0.2) is 0 Å². The summed E-state index contributed by atoms with van der Waals surface area (Å²) >= 11 is 1.45. The van der Waals surface area contributed by atoms with Crippen molar-refractivity contribution in [1.82, 2.24) is 4.90 Å². The third kappa shape index (κ3) is 2.96. The summed E-state index contributed by atoms with van der Waals surface area (Å²) in [5, 5.41) is 27.2. The molecule has 1 aliphatic heterocycles. The molecule has 2 N–H and O–H groups in total. The van der Waals surface area contributed by atoms with Gasteiger partial charge in [0.25, 0.3) is 0 Å². The number of aliphatic hydroxyl groups is 2. The maximum absolute atomic E-state index is 12.6. The smallest absolute Gasteiger partial charge is 0.226 e. The molecule has 4 aromatic rings. The molecule has 0 spiro atoms. The minimum absolute atomic E-state index is 0.0434. The number of benzene rings is 4. The van der Waals surface area contributed by atoms with Crippen molar-refractivity contribution in [2.75, 3.05) is 12.4 Å². The van der Waals surface area contributed by atoms with Gasteiger partial charge in [-0.25, -0.2) is 0 Å². The Morgan fingerprint density at radius 1 is 1.03 bits per heavy atom. The Morgan fingerprint density at radius 2 is 1.62 bits per heavy atom. The summed E-state index contributed by atoms with van der Waals surface area (Å²) in [5.41, 5.74) is -0.215. The van der Waals surface area contributed by atoms with Crippen molar-refractivity contribution in [2.45, 2.75) is 30.9 Å². The van der Waals surface area contributed by atoms with Crippen LogP contribution in [0.25, 0.3) is 32.3 Å². The quantitative estimate of drug-likeness (QED) is 0.491. The van der Waals surface area contributed by atoms with Crippen molar-refractivity contribution >= 4 is 50.0 Å². The van der Waals surface area contributed by atoms with Crippen LogP contribution in [-0.2, 0) is 11.3 Å². The van der Waals surface area contributed by atoms with Crippen molar-refractivity contribution in [1.29, 1.82) is 0 Å². The van der Waals surface area contributed by atoms with E-state index in [2.05, 4.69) is 54.6 Å². The lowest BCUT2D eigenvalue weighted by atomic mass is 9.93. The second kappa shape index (κ2) is 6.87. The highest BCUT2D eigenvalue weighted by Crippen LogP contribution is 2.39. The van der Waals surface area contributed by atoms with Crippen LogP contribution in [0.5, 0.6) is 0 Å². The predicted octanol–water partition coefficient (Wildman–Crippen LogP) is 4.12. The van der Waals surface area contributed by atoms with Gasteiger partial charge in [-0.3, -0.25) is 4.79 Å². The largest absolute Gasteiger partial charge is 0.396 e. The number of hydrogen-bond acceptors (Lipinski definition) is 4. The van der Waals surface area contributed by atoms with Gasteiger partial charge in [-0.05, 0) is 56.9 Å². The molecule has 2 unspecified atom stereocenters. The van der Waals surface area contributed by atoms with Crippen LogP contribution < -0.4 is 0 Å². The van der Waals surface area contributed by atoms with E-state index in [1.165, 1.54) is 33.3 Å². The Morgan fingerprint density at radius 3 is 2.24 bits per heavy atom. The molecule has 4 nitrogen and oxygen atoms in total. The lowest BCUT2D eigenvalue weighted by Crippen LogP contribution is -2.47. The highest BCUT2D eigenvalue weighted by atomic mass is 32.2. The lowest BCUT2D eigenvalue weighted by molar-refractivity contribution is -0.143. The van der Waals surface area contributed by atoms with E-state index in [0.29, 0.717) is 18.7 Å². The van der Waals surface area contributed by atoms with Gasteiger partial charge in [0.2, 0.25) is 5.91 Å². The molecule has 5 rings (SSSR count). The molecule has 1 aliphatic rings. The SMILES string of the molecule is CC1(O)C(SCCO)CC(=O)N1Cc1cc2ccc3cccc4ccc(c1)c2c34. The first-order chi connectivity index (χ1) is 14.0. The molecule has 2 atom stereocenters. The normalized spacial score (nSPS) is 22.5. The Hall–Kier alpha value is -2.34. The molecule has 0 saturated carbocycles. The van der Waals surface area contributed by atoms with Gasteiger partial charge >= 0.3 is 0 Å². The molecule has 1 fully saturated rings. The zero-order chi connectivity index (χ0) is 20.2. The van der Waals surface area contributed by atoms with Gasteiger partial charge in [0.1, 0.15) is 5.72 Å². The number of aliphatic hydroxyl groups excluding tert-OH is 1. The molecule has 0 bridgehead atoms. The minimum Gasteiger partial charge on any atom is -0.396 e. The number of nitrogens with zero attached hydrogens (tertiary/aromatic N) is 1. The van der Waals surface area contributed by atoms with E-state index in [1.807, 2.05) is 0 Å². The third-order valence-corrected chi connectivity index (χ3v) is 7.53. The van der Waals surface area contributed by atoms with Crippen molar-refractivity contribution < 1.29 is 15.0 Å². The fraction of sp³-hybridized carbons (Fsp3) is 0.292. The van der Waals surface area contributed by atoms with E-state index in [0.717, 1.165) is 16.3 Å². The Labute approximate surface area is 173 Å². The number of carbonyl (C=O) groups excluding carboxylic acids is 1. The number of hydrogen-bond donors (Lipinski definition) is 2. The van der Waals surface area contributed by atoms with Crippen LogP contribution in [0.1, 0.15) is 18.9 Å². The Balaban J connectivity index is 1.55. The zero-order valence-corrected chi connectivity index (χ0v) is 17.1. The lowest BCUT2D eigenvalue weighted by Gasteiger charge is -2.34. The number of likely N-dealkylation sites (tertiary alicyclic amines) is 1. The fourth-order valence-electron chi connectivity index (χ4n) is 4.64. The summed E-state index contributed by atoms with van der Waals surface area (Å²) in [6.45, 7) is 2.12. The first-order valence-electron chi connectivity index (χ1n) is 9.91. The zero-order valence-electron chi connectivity index (χ0n) is 16.3. The van der Waals surface area contributed by atoms with Crippen molar-refractivity contribution in [3.8, 4) is 0 Å². The first kappa shape index (κ1) is 18.7. The summed E-state index contributed by atoms with van der Waals surface area (Å²) in [6, 6.07) is 19.2. The summed E-state index contributed by atoms with van der Waals surface area (Å²) in [5.74, 6) is 0.470.